The molecule has 0 heterocycles. The van der Waals surface area contributed by atoms with Gasteiger partial charge in [0, 0.05) is 12.8 Å². The second-order valence-electron chi connectivity index (χ2n) is 27.4. The first-order valence-electron chi connectivity index (χ1n) is 39.4. The van der Waals surface area contributed by atoms with Crippen LogP contribution < -0.4 is 5.32 Å². The zero-order valence-electron chi connectivity index (χ0n) is 58.1. The zero-order valence-corrected chi connectivity index (χ0v) is 58.1. The maximum atomic E-state index is 12.5. The van der Waals surface area contributed by atoms with Crippen molar-refractivity contribution in [3.63, 3.8) is 0 Å². The van der Waals surface area contributed by atoms with Crippen LogP contribution in [0, 0.1) is 0 Å². The van der Waals surface area contributed by atoms with Gasteiger partial charge >= 0.3 is 5.97 Å². The third kappa shape index (κ3) is 71.6. The molecule has 0 aliphatic carbocycles. The van der Waals surface area contributed by atoms with Crippen LogP contribution in [0.4, 0.5) is 0 Å². The second-order valence-corrected chi connectivity index (χ2v) is 27.4. The molecule has 0 aromatic carbocycles. The van der Waals surface area contributed by atoms with Gasteiger partial charge in [-0.2, -0.15) is 0 Å². The van der Waals surface area contributed by atoms with Gasteiger partial charge in [0.05, 0.1) is 25.4 Å². The summed E-state index contributed by atoms with van der Waals surface area (Å²) in [6, 6.07) is -0.535. The van der Waals surface area contributed by atoms with Crippen LogP contribution in [0.3, 0.4) is 0 Å². The molecule has 0 aliphatic heterocycles. The normalized spacial score (nSPS) is 12.5. The first-order valence-corrected chi connectivity index (χ1v) is 39.4. The molecule has 0 saturated carbocycles. The lowest BCUT2D eigenvalue weighted by Crippen LogP contribution is -2.45. The Morgan fingerprint density at radius 3 is 0.835 bits per heavy atom. The van der Waals surface area contributed by atoms with E-state index in [0.717, 1.165) is 38.5 Å². The molecule has 506 valence electrons. The van der Waals surface area contributed by atoms with Gasteiger partial charge in [-0.25, -0.2) is 0 Å². The van der Waals surface area contributed by atoms with Crippen LogP contribution in [0.1, 0.15) is 457 Å². The predicted molar refractivity (Wildman–Crippen MR) is 375 cm³/mol. The third-order valence-electron chi connectivity index (χ3n) is 18.8. The Hall–Kier alpha value is -1.40. The Kier molecular flexibility index (Phi) is 73.8. The number of esters is 1. The molecule has 0 fully saturated rings. The minimum absolute atomic E-state index is 0.0216. The number of carbonyl (C=O) groups is 2. The van der Waals surface area contributed by atoms with Crippen LogP contribution in [0.25, 0.3) is 0 Å². The molecular weight excluding hydrogens is 1040 g/mol. The summed E-state index contributed by atoms with van der Waals surface area (Å²) in [7, 11) is 0. The second kappa shape index (κ2) is 75.1. The smallest absolute Gasteiger partial charge is 0.305 e. The van der Waals surface area contributed by atoms with E-state index in [1.807, 2.05) is 0 Å². The first kappa shape index (κ1) is 83.6. The molecular formula is C79H155NO5. The minimum Gasteiger partial charge on any atom is -0.466 e. The van der Waals surface area contributed by atoms with Gasteiger partial charge in [-0.3, -0.25) is 9.59 Å². The van der Waals surface area contributed by atoms with E-state index in [0.29, 0.717) is 25.9 Å². The van der Waals surface area contributed by atoms with Gasteiger partial charge in [-0.1, -0.05) is 405 Å². The number of aliphatic hydroxyl groups is 2. The van der Waals surface area contributed by atoms with Crippen molar-refractivity contribution >= 4 is 11.9 Å². The number of amides is 1. The molecule has 0 saturated heterocycles. The molecule has 0 spiro atoms. The van der Waals surface area contributed by atoms with Gasteiger partial charge in [-0.05, 0) is 51.4 Å². The fourth-order valence-corrected chi connectivity index (χ4v) is 12.8. The van der Waals surface area contributed by atoms with E-state index >= 15 is 0 Å². The minimum atomic E-state index is -0.659. The molecule has 1 amide bonds. The van der Waals surface area contributed by atoms with Gasteiger partial charge in [0.1, 0.15) is 0 Å². The van der Waals surface area contributed by atoms with Gasteiger partial charge in [-0.15, -0.1) is 0 Å². The van der Waals surface area contributed by atoms with Crippen molar-refractivity contribution in [2.24, 2.45) is 0 Å². The number of ether oxygens (including phenoxy) is 1. The van der Waals surface area contributed by atoms with Gasteiger partial charge < -0.3 is 20.3 Å². The monoisotopic (exact) mass is 1200 g/mol. The summed E-state index contributed by atoms with van der Waals surface area (Å²) in [6.45, 7) is 4.99. The number of rotatable bonds is 75. The van der Waals surface area contributed by atoms with E-state index in [1.165, 1.54) is 385 Å². The summed E-state index contributed by atoms with van der Waals surface area (Å²) >= 11 is 0. The summed E-state index contributed by atoms with van der Waals surface area (Å²) < 4.78 is 5.52. The van der Waals surface area contributed by atoms with Crippen molar-refractivity contribution in [1.82, 2.24) is 5.32 Å². The average molecular weight is 1200 g/mol. The third-order valence-corrected chi connectivity index (χ3v) is 18.8. The summed E-state index contributed by atoms with van der Waals surface area (Å²) in [5.41, 5.74) is 0. The van der Waals surface area contributed by atoms with Crippen LogP contribution in [0.2, 0.25) is 0 Å². The highest BCUT2D eigenvalue weighted by Crippen LogP contribution is 2.20. The number of unbranched alkanes of at least 4 members (excludes halogenated alkanes) is 62. The molecule has 0 radical (unpaired) electrons. The van der Waals surface area contributed by atoms with Gasteiger partial charge in [0.15, 0.2) is 0 Å². The quantitative estimate of drug-likeness (QED) is 0.0320. The summed E-state index contributed by atoms with van der Waals surface area (Å²) in [5, 5.41) is 23.3. The van der Waals surface area contributed by atoms with Crippen LogP contribution in [0.15, 0.2) is 12.2 Å². The lowest BCUT2D eigenvalue weighted by molar-refractivity contribution is -0.143. The number of carbonyl (C=O) groups excluding carboxylic acids is 2. The molecule has 6 heteroatoms. The maximum Gasteiger partial charge on any atom is 0.305 e. The van der Waals surface area contributed by atoms with Crippen LogP contribution in [-0.4, -0.2) is 47.4 Å². The van der Waals surface area contributed by atoms with E-state index in [2.05, 4.69) is 31.3 Å². The van der Waals surface area contributed by atoms with Gasteiger partial charge in [0.2, 0.25) is 5.91 Å². The van der Waals surface area contributed by atoms with E-state index in [4.69, 9.17) is 4.74 Å². The van der Waals surface area contributed by atoms with Crippen molar-refractivity contribution < 1.29 is 24.5 Å². The fourth-order valence-electron chi connectivity index (χ4n) is 12.8. The largest absolute Gasteiger partial charge is 0.466 e. The van der Waals surface area contributed by atoms with Crippen LogP contribution in [0.5, 0.6) is 0 Å². The number of allylic oxidation sites excluding steroid dienone is 2. The average Bonchev–Trinajstić information content (AvgIpc) is 3.50. The highest BCUT2D eigenvalue weighted by Gasteiger charge is 2.20. The Balaban J connectivity index is 3.27. The van der Waals surface area contributed by atoms with Crippen molar-refractivity contribution in [3.05, 3.63) is 12.2 Å². The van der Waals surface area contributed by atoms with E-state index < -0.39 is 12.1 Å². The molecule has 0 aromatic rings. The summed E-state index contributed by atoms with van der Waals surface area (Å²) in [4.78, 5) is 24.6. The zero-order chi connectivity index (χ0) is 61.3. The Bertz CT molecular complexity index is 1290. The van der Waals surface area contributed by atoms with E-state index in [-0.39, 0.29) is 18.5 Å². The number of hydrogen-bond acceptors (Lipinski definition) is 5. The van der Waals surface area contributed by atoms with E-state index in [9.17, 15) is 19.8 Å². The van der Waals surface area contributed by atoms with Crippen LogP contribution in [-0.2, 0) is 14.3 Å². The highest BCUT2D eigenvalue weighted by molar-refractivity contribution is 5.76. The molecule has 0 aromatic heterocycles. The topological polar surface area (TPSA) is 95.9 Å². The summed E-state index contributed by atoms with van der Waals surface area (Å²) in [5.74, 6) is -0.00470. The maximum absolute atomic E-state index is 12.5. The molecule has 6 nitrogen and oxygen atoms in total. The lowest BCUT2D eigenvalue weighted by atomic mass is 10.0. The van der Waals surface area contributed by atoms with Crippen molar-refractivity contribution in [1.29, 1.82) is 0 Å². The van der Waals surface area contributed by atoms with Crippen LogP contribution >= 0.6 is 0 Å². The SMILES string of the molecule is CCCCCCCCC/C=C\CCCCCCCCCC(=O)OCCCCCCCCCCCCCCCCCCCCCCCCCCCCCCCCCCCCCCCC(=O)NC(CO)C(O)CCCCCCCCCCCCCCC. The number of hydrogen-bond donors (Lipinski definition) is 3. The van der Waals surface area contributed by atoms with Crippen molar-refractivity contribution in [2.75, 3.05) is 13.2 Å². The molecule has 2 atom stereocenters. The molecule has 0 aliphatic rings. The Morgan fingerprint density at radius 1 is 0.318 bits per heavy atom. The fraction of sp³-hybridized carbons (Fsp3) is 0.949. The van der Waals surface area contributed by atoms with Crippen molar-refractivity contribution in [2.45, 2.75) is 469 Å². The molecule has 3 N–H and O–H groups in total. The highest BCUT2D eigenvalue weighted by atomic mass is 16.5. The Morgan fingerprint density at radius 2 is 0.553 bits per heavy atom. The van der Waals surface area contributed by atoms with Crippen molar-refractivity contribution in [3.8, 4) is 0 Å². The predicted octanol–water partition coefficient (Wildman–Crippen LogP) is 25.9. The summed E-state index contributed by atoms with van der Waals surface area (Å²) in [6.07, 6.45) is 94.6. The number of aliphatic hydroxyl groups excluding tert-OH is 2. The Labute approximate surface area is 533 Å². The molecule has 2 unspecified atom stereocenters. The molecule has 85 heavy (non-hydrogen) atoms. The number of nitrogens with one attached hydrogen (secondary N) is 1. The van der Waals surface area contributed by atoms with E-state index in [1.54, 1.807) is 0 Å². The molecule has 0 rings (SSSR count). The molecule has 0 bridgehead atoms. The standard InChI is InChI=1S/C79H155NO5/c1-3-5-7-9-11-13-15-17-18-19-42-45-49-53-57-61-65-69-73-79(84)85-74-70-66-62-58-54-50-46-43-40-38-36-34-32-30-28-26-24-22-20-21-23-25-27-29-31-33-35-37-39-41-44-48-52-56-60-64-68-72-78(83)80-76(75-81)77(82)71-67-63-59-55-51-47-16-14-12-10-8-6-4-2/h18-19,76-77,81-82H,3-17,20-75H2,1-2H3,(H,80,83)/b19-18-. The lowest BCUT2D eigenvalue weighted by Gasteiger charge is -2.22. The first-order chi connectivity index (χ1) is 42.0. The van der Waals surface area contributed by atoms with Gasteiger partial charge in [0.25, 0.3) is 0 Å².